The maximum Gasteiger partial charge on any atom is 0.259 e. The molecule has 0 bridgehead atoms. The number of piperidine rings is 2. The zero-order valence-corrected chi connectivity index (χ0v) is 16.5. The van der Waals surface area contributed by atoms with Crippen molar-refractivity contribution in [3.8, 4) is 0 Å². The fraction of sp³-hybridized carbons (Fsp3) is 0.750. The number of nitrogens with zero attached hydrogens (tertiary/aromatic N) is 3. The highest BCUT2D eigenvalue weighted by atomic mass is 16.5. The molecule has 6 heteroatoms. The molecule has 2 aliphatic rings. The molecular weight excluding hydrogens is 330 g/mol. The lowest BCUT2D eigenvalue weighted by molar-refractivity contribution is -0.138. The van der Waals surface area contributed by atoms with Gasteiger partial charge in [-0.05, 0) is 38.5 Å². The van der Waals surface area contributed by atoms with Crippen LogP contribution in [0.3, 0.4) is 0 Å². The van der Waals surface area contributed by atoms with Crippen molar-refractivity contribution in [2.45, 2.75) is 59.3 Å². The van der Waals surface area contributed by atoms with Gasteiger partial charge in [-0.3, -0.25) is 9.59 Å². The zero-order valence-electron chi connectivity index (χ0n) is 16.5. The summed E-state index contributed by atoms with van der Waals surface area (Å²) >= 11 is 0. The summed E-state index contributed by atoms with van der Waals surface area (Å²) in [7, 11) is 0. The molecule has 3 rings (SSSR count). The van der Waals surface area contributed by atoms with E-state index in [-0.39, 0.29) is 23.7 Å². The third-order valence-electron chi connectivity index (χ3n) is 5.85. The van der Waals surface area contributed by atoms with Gasteiger partial charge in [0.15, 0.2) is 5.76 Å². The first-order chi connectivity index (χ1) is 12.4. The van der Waals surface area contributed by atoms with Crippen molar-refractivity contribution in [3.63, 3.8) is 0 Å². The molecule has 0 spiro atoms. The minimum absolute atomic E-state index is 0.00912. The van der Waals surface area contributed by atoms with Crippen LogP contribution in [0.25, 0.3) is 0 Å². The summed E-state index contributed by atoms with van der Waals surface area (Å²) < 4.78 is 5.36. The van der Waals surface area contributed by atoms with Crippen LogP contribution in [0.2, 0.25) is 0 Å². The molecule has 3 heterocycles. The van der Waals surface area contributed by atoms with E-state index in [1.165, 1.54) is 0 Å². The molecule has 2 amide bonds. The highest BCUT2D eigenvalue weighted by molar-refractivity contribution is 5.96. The van der Waals surface area contributed by atoms with Crippen LogP contribution < -0.4 is 0 Å². The number of likely N-dealkylation sites (tertiary alicyclic amines) is 2. The van der Waals surface area contributed by atoms with Crippen molar-refractivity contribution in [2.75, 3.05) is 26.2 Å². The second-order valence-electron chi connectivity index (χ2n) is 8.24. The van der Waals surface area contributed by atoms with Crippen LogP contribution >= 0.6 is 0 Å². The number of carbonyl (C=O) groups excluding carboxylic acids is 2. The third-order valence-corrected chi connectivity index (χ3v) is 5.85. The molecule has 2 aliphatic heterocycles. The Morgan fingerprint density at radius 3 is 2.19 bits per heavy atom. The van der Waals surface area contributed by atoms with Gasteiger partial charge in [-0.1, -0.05) is 25.9 Å². The number of aromatic nitrogens is 1. The summed E-state index contributed by atoms with van der Waals surface area (Å²) in [5, 5.41) is 3.98. The minimum Gasteiger partial charge on any atom is -0.360 e. The Bertz CT molecular complexity index is 651. The molecule has 0 N–H and O–H groups in total. The molecule has 26 heavy (non-hydrogen) atoms. The van der Waals surface area contributed by atoms with Gasteiger partial charge in [0, 0.05) is 38.0 Å². The van der Waals surface area contributed by atoms with Gasteiger partial charge in [0.05, 0.1) is 5.69 Å². The zero-order chi connectivity index (χ0) is 18.8. The molecule has 0 unspecified atom stereocenters. The van der Waals surface area contributed by atoms with Crippen molar-refractivity contribution in [2.24, 2.45) is 11.8 Å². The van der Waals surface area contributed by atoms with Gasteiger partial charge < -0.3 is 14.3 Å². The predicted molar refractivity (Wildman–Crippen MR) is 98.9 cm³/mol. The Hall–Kier alpha value is -1.85. The Kier molecular flexibility index (Phi) is 5.68. The summed E-state index contributed by atoms with van der Waals surface area (Å²) in [5.41, 5.74) is 1.26. The standard InChI is InChI=1S/C20H31N3O3/c1-13(2)18-17(15(4)21-26-18)20(25)23-11-7-16(8-12-23)19(24)22-9-5-14(3)6-10-22/h13-14,16H,5-12H2,1-4H3. The van der Waals surface area contributed by atoms with Gasteiger partial charge in [0.1, 0.15) is 5.56 Å². The highest BCUT2D eigenvalue weighted by Crippen LogP contribution is 2.27. The van der Waals surface area contributed by atoms with Crippen molar-refractivity contribution in [1.29, 1.82) is 0 Å². The number of aryl methyl sites for hydroxylation is 1. The van der Waals surface area contributed by atoms with Crippen LogP contribution in [0, 0.1) is 18.8 Å². The van der Waals surface area contributed by atoms with Crippen LogP contribution in [0.15, 0.2) is 4.52 Å². The first-order valence-electron chi connectivity index (χ1n) is 9.92. The molecule has 144 valence electrons. The molecule has 2 fully saturated rings. The van der Waals surface area contributed by atoms with E-state index in [0.717, 1.165) is 44.7 Å². The summed E-state index contributed by atoms with van der Waals surface area (Å²) in [4.78, 5) is 29.6. The summed E-state index contributed by atoms with van der Waals surface area (Å²) in [6.07, 6.45) is 3.71. The fourth-order valence-electron chi connectivity index (χ4n) is 4.02. The average molecular weight is 361 g/mol. The van der Waals surface area contributed by atoms with Crippen LogP contribution in [0.5, 0.6) is 0 Å². The van der Waals surface area contributed by atoms with Crippen molar-refractivity contribution < 1.29 is 14.1 Å². The van der Waals surface area contributed by atoms with Gasteiger partial charge in [0.25, 0.3) is 5.91 Å². The molecular formula is C20H31N3O3. The Labute approximate surface area is 155 Å². The van der Waals surface area contributed by atoms with Crippen molar-refractivity contribution >= 4 is 11.8 Å². The van der Waals surface area contributed by atoms with E-state index in [1.54, 1.807) is 0 Å². The Balaban J connectivity index is 1.59. The Morgan fingerprint density at radius 2 is 1.62 bits per heavy atom. The Morgan fingerprint density at radius 1 is 1.04 bits per heavy atom. The molecule has 1 aromatic rings. The van der Waals surface area contributed by atoms with Gasteiger partial charge >= 0.3 is 0 Å². The summed E-state index contributed by atoms with van der Waals surface area (Å²) in [5.74, 6) is 1.84. The van der Waals surface area contributed by atoms with E-state index in [2.05, 4.69) is 12.1 Å². The molecule has 0 aromatic carbocycles. The van der Waals surface area contributed by atoms with E-state index in [0.29, 0.717) is 30.1 Å². The lowest BCUT2D eigenvalue weighted by atomic mass is 9.92. The topological polar surface area (TPSA) is 66.7 Å². The van der Waals surface area contributed by atoms with E-state index >= 15 is 0 Å². The quantitative estimate of drug-likeness (QED) is 0.829. The minimum atomic E-state index is -0.00912. The lowest BCUT2D eigenvalue weighted by Crippen LogP contribution is -2.46. The number of rotatable bonds is 3. The van der Waals surface area contributed by atoms with Gasteiger partial charge in [-0.25, -0.2) is 0 Å². The van der Waals surface area contributed by atoms with E-state index in [4.69, 9.17) is 4.52 Å². The summed E-state index contributed by atoms with van der Waals surface area (Å²) in [6.45, 7) is 11.1. The van der Waals surface area contributed by atoms with Crippen molar-refractivity contribution in [3.05, 3.63) is 17.0 Å². The van der Waals surface area contributed by atoms with Gasteiger partial charge in [-0.15, -0.1) is 0 Å². The number of amides is 2. The van der Waals surface area contributed by atoms with Gasteiger partial charge in [-0.2, -0.15) is 0 Å². The molecule has 0 radical (unpaired) electrons. The second-order valence-corrected chi connectivity index (χ2v) is 8.24. The van der Waals surface area contributed by atoms with Crippen molar-refractivity contribution in [1.82, 2.24) is 15.0 Å². The molecule has 1 aromatic heterocycles. The first-order valence-corrected chi connectivity index (χ1v) is 9.92. The fourth-order valence-corrected chi connectivity index (χ4v) is 4.02. The number of carbonyl (C=O) groups is 2. The highest BCUT2D eigenvalue weighted by Gasteiger charge is 2.33. The van der Waals surface area contributed by atoms with E-state index < -0.39 is 0 Å². The first kappa shape index (κ1) is 18.9. The lowest BCUT2D eigenvalue weighted by Gasteiger charge is -2.36. The van der Waals surface area contributed by atoms with E-state index in [9.17, 15) is 9.59 Å². The maximum absolute atomic E-state index is 13.0. The number of hydrogen-bond acceptors (Lipinski definition) is 4. The van der Waals surface area contributed by atoms with Crippen LogP contribution in [0.1, 0.15) is 74.2 Å². The molecule has 0 saturated carbocycles. The maximum atomic E-state index is 13.0. The van der Waals surface area contributed by atoms with Crippen LogP contribution in [-0.2, 0) is 4.79 Å². The van der Waals surface area contributed by atoms with E-state index in [1.807, 2.05) is 30.6 Å². The average Bonchev–Trinajstić information content (AvgIpc) is 3.03. The molecule has 6 nitrogen and oxygen atoms in total. The van der Waals surface area contributed by atoms with Crippen LogP contribution in [0.4, 0.5) is 0 Å². The monoisotopic (exact) mass is 361 g/mol. The van der Waals surface area contributed by atoms with Crippen LogP contribution in [-0.4, -0.2) is 52.9 Å². The normalized spacial score (nSPS) is 20.0. The largest absolute Gasteiger partial charge is 0.360 e. The second kappa shape index (κ2) is 7.80. The molecule has 2 saturated heterocycles. The smallest absolute Gasteiger partial charge is 0.259 e. The molecule has 0 atom stereocenters. The van der Waals surface area contributed by atoms with Gasteiger partial charge in [0.2, 0.25) is 5.91 Å². The number of hydrogen-bond donors (Lipinski definition) is 0. The SMILES string of the molecule is Cc1noc(C(C)C)c1C(=O)N1CCC(C(=O)N2CCC(C)CC2)CC1. The molecule has 0 aliphatic carbocycles. The summed E-state index contributed by atoms with van der Waals surface area (Å²) in [6, 6.07) is 0. The third kappa shape index (κ3) is 3.79. The predicted octanol–water partition coefficient (Wildman–Crippen LogP) is 3.22.